The fourth-order valence-electron chi connectivity index (χ4n) is 2.96. The van der Waals surface area contributed by atoms with E-state index in [2.05, 4.69) is 18.0 Å². The van der Waals surface area contributed by atoms with Gasteiger partial charge in [0.1, 0.15) is 34.7 Å². The SMILES string of the molecule is CCCc1c(C)nc(N)c(C#N)c1-c1c(OC)cc(OC)cc1OC. The third-order valence-electron chi connectivity index (χ3n) is 4.11. The summed E-state index contributed by atoms with van der Waals surface area (Å²) in [5.41, 5.74) is 9.53. The van der Waals surface area contributed by atoms with Gasteiger partial charge in [-0.15, -0.1) is 0 Å². The topological polar surface area (TPSA) is 90.4 Å². The summed E-state index contributed by atoms with van der Waals surface area (Å²) in [5, 5.41) is 9.70. The highest BCUT2D eigenvalue weighted by Gasteiger charge is 2.24. The molecule has 0 radical (unpaired) electrons. The highest BCUT2D eigenvalue weighted by molar-refractivity contribution is 5.87. The molecule has 0 aliphatic rings. The van der Waals surface area contributed by atoms with E-state index >= 15 is 0 Å². The van der Waals surface area contributed by atoms with E-state index in [1.807, 2.05) is 6.92 Å². The van der Waals surface area contributed by atoms with Crippen LogP contribution in [0.1, 0.15) is 30.2 Å². The van der Waals surface area contributed by atoms with Crippen LogP contribution in [-0.4, -0.2) is 26.3 Å². The monoisotopic (exact) mass is 341 g/mol. The van der Waals surface area contributed by atoms with Gasteiger partial charge in [-0.05, 0) is 18.9 Å². The summed E-state index contributed by atoms with van der Waals surface area (Å²) in [6.45, 7) is 3.97. The van der Waals surface area contributed by atoms with Gasteiger partial charge in [-0.25, -0.2) is 4.98 Å². The second kappa shape index (κ2) is 7.75. The molecule has 0 bridgehead atoms. The lowest BCUT2D eigenvalue weighted by atomic mass is 9.90. The number of anilines is 1. The van der Waals surface area contributed by atoms with Crippen LogP contribution < -0.4 is 19.9 Å². The second-order valence-electron chi connectivity index (χ2n) is 5.58. The predicted octanol–water partition coefficient (Wildman–Crippen LogP) is 3.49. The van der Waals surface area contributed by atoms with Crippen LogP contribution in [0.5, 0.6) is 17.2 Å². The summed E-state index contributed by atoms with van der Waals surface area (Å²) >= 11 is 0. The number of nitrogens with zero attached hydrogens (tertiary/aromatic N) is 2. The lowest BCUT2D eigenvalue weighted by Gasteiger charge is -2.20. The molecule has 0 unspecified atom stereocenters. The van der Waals surface area contributed by atoms with E-state index in [0.29, 0.717) is 33.9 Å². The Labute approximate surface area is 148 Å². The third kappa shape index (κ3) is 3.31. The van der Waals surface area contributed by atoms with E-state index in [-0.39, 0.29) is 5.82 Å². The number of nitrogen functional groups attached to an aromatic ring is 1. The second-order valence-corrected chi connectivity index (χ2v) is 5.58. The first-order chi connectivity index (χ1) is 12.0. The van der Waals surface area contributed by atoms with Gasteiger partial charge >= 0.3 is 0 Å². The molecule has 1 aromatic carbocycles. The van der Waals surface area contributed by atoms with Gasteiger partial charge in [0.2, 0.25) is 0 Å². The maximum Gasteiger partial charge on any atom is 0.142 e. The minimum atomic E-state index is 0.203. The quantitative estimate of drug-likeness (QED) is 0.865. The number of nitriles is 1. The lowest BCUT2D eigenvalue weighted by Crippen LogP contribution is -2.07. The molecule has 2 aromatic rings. The number of methoxy groups -OCH3 is 3. The zero-order valence-corrected chi connectivity index (χ0v) is 15.3. The highest BCUT2D eigenvalue weighted by Crippen LogP contribution is 2.46. The Kier molecular flexibility index (Phi) is 5.71. The lowest BCUT2D eigenvalue weighted by molar-refractivity contribution is 0.377. The Bertz CT molecular complexity index is 801. The van der Waals surface area contributed by atoms with Gasteiger partial charge in [-0.3, -0.25) is 0 Å². The molecule has 0 aliphatic heterocycles. The van der Waals surface area contributed by atoms with E-state index in [0.717, 1.165) is 24.1 Å². The molecule has 2 rings (SSSR count). The summed E-state index contributed by atoms with van der Waals surface area (Å²) < 4.78 is 16.4. The average molecular weight is 341 g/mol. The van der Waals surface area contributed by atoms with Crippen LogP contribution in [0, 0.1) is 18.3 Å². The van der Waals surface area contributed by atoms with Gasteiger partial charge in [0, 0.05) is 23.4 Å². The first-order valence-corrected chi connectivity index (χ1v) is 8.01. The number of nitrogens with two attached hydrogens (primary N) is 1. The van der Waals surface area contributed by atoms with Crippen molar-refractivity contribution in [2.24, 2.45) is 0 Å². The minimum Gasteiger partial charge on any atom is -0.496 e. The van der Waals surface area contributed by atoms with Crippen LogP contribution in [0.15, 0.2) is 12.1 Å². The van der Waals surface area contributed by atoms with Crippen LogP contribution in [0.4, 0.5) is 5.82 Å². The van der Waals surface area contributed by atoms with E-state index < -0.39 is 0 Å². The van der Waals surface area contributed by atoms with Gasteiger partial charge in [-0.1, -0.05) is 13.3 Å². The van der Waals surface area contributed by atoms with Gasteiger partial charge in [0.15, 0.2) is 0 Å². The molecular formula is C19H23N3O3. The third-order valence-corrected chi connectivity index (χ3v) is 4.11. The Morgan fingerprint density at radius 1 is 1.08 bits per heavy atom. The van der Waals surface area contributed by atoms with Crippen molar-refractivity contribution in [2.45, 2.75) is 26.7 Å². The maximum atomic E-state index is 9.70. The summed E-state index contributed by atoms with van der Waals surface area (Å²) in [4.78, 5) is 4.34. The van der Waals surface area contributed by atoms with Crippen molar-refractivity contribution < 1.29 is 14.2 Å². The van der Waals surface area contributed by atoms with Crippen molar-refractivity contribution in [1.29, 1.82) is 5.26 Å². The van der Waals surface area contributed by atoms with Crippen molar-refractivity contribution >= 4 is 5.82 Å². The van der Waals surface area contributed by atoms with Gasteiger partial charge in [0.25, 0.3) is 0 Å². The number of aryl methyl sites for hydroxylation is 1. The zero-order chi connectivity index (χ0) is 18.6. The summed E-state index contributed by atoms with van der Waals surface area (Å²) in [6, 6.07) is 5.72. The Morgan fingerprint density at radius 3 is 2.12 bits per heavy atom. The fourth-order valence-corrected chi connectivity index (χ4v) is 2.96. The molecule has 6 nitrogen and oxygen atoms in total. The highest BCUT2D eigenvalue weighted by atomic mass is 16.5. The van der Waals surface area contributed by atoms with Gasteiger partial charge in [-0.2, -0.15) is 5.26 Å². The van der Waals surface area contributed by atoms with Crippen LogP contribution in [0.2, 0.25) is 0 Å². The van der Waals surface area contributed by atoms with E-state index in [1.165, 1.54) is 0 Å². The zero-order valence-electron chi connectivity index (χ0n) is 15.3. The van der Waals surface area contributed by atoms with Gasteiger partial charge < -0.3 is 19.9 Å². The molecule has 0 spiro atoms. The number of rotatable bonds is 6. The molecule has 0 fully saturated rings. The number of hydrogen-bond acceptors (Lipinski definition) is 6. The number of benzene rings is 1. The molecule has 0 saturated heterocycles. The number of ether oxygens (including phenoxy) is 3. The molecule has 0 saturated carbocycles. The van der Waals surface area contributed by atoms with E-state index in [1.54, 1.807) is 33.5 Å². The first kappa shape index (κ1) is 18.4. The Morgan fingerprint density at radius 2 is 1.68 bits per heavy atom. The molecule has 1 heterocycles. The fraction of sp³-hybridized carbons (Fsp3) is 0.368. The predicted molar refractivity (Wildman–Crippen MR) is 97.2 cm³/mol. The normalized spacial score (nSPS) is 10.2. The summed E-state index contributed by atoms with van der Waals surface area (Å²) in [7, 11) is 4.72. The maximum absolute atomic E-state index is 9.70. The summed E-state index contributed by atoms with van der Waals surface area (Å²) in [5.74, 6) is 1.91. The molecule has 132 valence electrons. The number of pyridine rings is 1. The largest absolute Gasteiger partial charge is 0.496 e. The van der Waals surface area contributed by atoms with Crippen molar-refractivity contribution in [2.75, 3.05) is 27.1 Å². The molecule has 0 atom stereocenters. The van der Waals surface area contributed by atoms with Crippen molar-refractivity contribution in [3.63, 3.8) is 0 Å². The molecule has 1 aromatic heterocycles. The van der Waals surface area contributed by atoms with Crippen molar-refractivity contribution in [3.05, 3.63) is 29.0 Å². The van der Waals surface area contributed by atoms with E-state index in [9.17, 15) is 5.26 Å². The van der Waals surface area contributed by atoms with Crippen LogP contribution in [0.3, 0.4) is 0 Å². The van der Waals surface area contributed by atoms with Crippen LogP contribution >= 0.6 is 0 Å². The van der Waals surface area contributed by atoms with Gasteiger partial charge in [0.05, 0.1) is 26.9 Å². The molecule has 2 N–H and O–H groups in total. The standard InChI is InChI=1S/C19H23N3O3/c1-6-7-13-11(2)22-19(21)14(10-20)17(13)18-15(24-4)8-12(23-3)9-16(18)25-5/h8-9H,6-7H2,1-5H3,(H2,21,22). The van der Waals surface area contributed by atoms with E-state index in [4.69, 9.17) is 19.9 Å². The Hall–Kier alpha value is -2.94. The minimum absolute atomic E-state index is 0.203. The van der Waals surface area contributed by atoms with Crippen LogP contribution in [-0.2, 0) is 6.42 Å². The Balaban J connectivity index is 2.97. The smallest absolute Gasteiger partial charge is 0.142 e. The number of aromatic nitrogens is 1. The van der Waals surface area contributed by atoms with Crippen LogP contribution in [0.25, 0.3) is 11.1 Å². The van der Waals surface area contributed by atoms with Crippen molar-refractivity contribution in [1.82, 2.24) is 4.98 Å². The number of hydrogen-bond donors (Lipinski definition) is 1. The molecule has 0 amide bonds. The summed E-state index contributed by atoms with van der Waals surface area (Å²) in [6.07, 6.45) is 1.67. The molecule has 25 heavy (non-hydrogen) atoms. The molecule has 6 heteroatoms. The first-order valence-electron chi connectivity index (χ1n) is 8.01. The molecular weight excluding hydrogens is 318 g/mol. The molecule has 0 aliphatic carbocycles. The average Bonchev–Trinajstić information content (AvgIpc) is 2.62. The van der Waals surface area contributed by atoms with Crippen molar-refractivity contribution in [3.8, 4) is 34.4 Å².